The first-order valence-corrected chi connectivity index (χ1v) is 16.8. The minimum atomic E-state index is -1.56. The van der Waals surface area contributed by atoms with Crippen molar-refractivity contribution in [1.82, 2.24) is 24.8 Å². The van der Waals surface area contributed by atoms with E-state index in [1.54, 1.807) is 29.8 Å². The van der Waals surface area contributed by atoms with Crippen LogP contribution in [0.3, 0.4) is 0 Å². The maximum absolute atomic E-state index is 14.7. The van der Waals surface area contributed by atoms with Gasteiger partial charge in [0, 0.05) is 54.1 Å². The number of aryl methyl sites for hydroxylation is 1. The highest BCUT2D eigenvalue weighted by Gasteiger charge is 2.35. The van der Waals surface area contributed by atoms with Gasteiger partial charge in [0.2, 0.25) is 0 Å². The molecule has 0 amide bonds. The number of fused-ring (bicyclic) bond motifs is 5. The van der Waals surface area contributed by atoms with Gasteiger partial charge < -0.3 is 40.4 Å². The number of piperidine rings is 1. The summed E-state index contributed by atoms with van der Waals surface area (Å²) in [5.74, 6) is 5.75. The number of hydrazine groups is 1. The number of pyridine rings is 2. The normalized spacial score (nSPS) is 18.2. The maximum Gasteiger partial charge on any atom is 0.340 e. The molecule has 5 heterocycles. The van der Waals surface area contributed by atoms with Crippen LogP contribution < -0.4 is 28.2 Å². The molecule has 0 bridgehead atoms. The van der Waals surface area contributed by atoms with Gasteiger partial charge in [-0.05, 0) is 62.5 Å². The lowest BCUT2D eigenvalue weighted by atomic mass is 9.97. The number of carbonyl (C=O) groups excluding carboxylic acids is 2. The number of aliphatic hydroxyl groups is 1. The van der Waals surface area contributed by atoms with E-state index in [4.69, 9.17) is 30.8 Å². The van der Waals surface area contributed by atoms with Crippen LogP contribution in [-0.4, -0.2) is 83.4 Å². The summed E-state index contributed by atoms with van der Waals surface area (Å²) >= 11 is 0. The lowest BCUT2D eigenvalue weighted by Gasteiger charge is -2.32. The van der Waals surface area contributed by atoms with E-state index in [1.807, 2.05) is 20.9 Å². The molecule has 2 aromatic heterocycles. The van der Waals surface area contributed by atoms with Crippen LogP contribution in [0.25, 0.3) is 22.3 Å². The van der Waals surface area contributed by atoms with Crippen LogP contribution >= 0.6 is 0 Å². The molecule has 3 aliphatic heterocycles. The van der Waals surface area contributed by atoms with E-state index in [-0.39, 0.29) is 42.9 Å². The van der Waals surface area contributed by atoms with Crippen molar-refractivity contribution in [2.75, 3.05) is 46.6 Å². The first-order chi connectivity index (χ1) is 24.1. The van der Waals surface area contributed by atoms with Gasteiger partial charge in [-0.25, -0.2) is 20.0 Å². The van der Waals surface area contributed by atoms with Crippen LogP contribution in [0, 0.1) is 18.7 Å². The fourth-order valence-electron chi connectivity index (χ4n) is 6.52. The van der Waals surface area contributed by atoms with E-state index in [9.17, 15) is 19.1 Å². The Morgan fingerprint density at radius 2 is 2.00 bits per heavy atom. The maximum atomic E-state index is 14.7. The van der Waals surface area contributed by atoms with E-state index >= 15 is 0 Å². The van der Waals surface area contributed by atoms with Gasteiger partial charge in [0.05, 0.1) is 48.9 Å². The number of carbonyl (C=O) groups is 2. The molecule has 8 N–H and O–H groups in total. The second kappa shape index (κ2) is 17.6. The van der Waals surface area contributed by atoms with Crippen molar-refractivity contribution >= 4 is 23.2 Å². The molecule has 0 aliphatic carbocycles. The fraction of sp³-hybridized carbons (Fsp3) is 0.486. The van der Waals surface area contributed by atoms with Crippen molar-refractivity contribution in [2.45, 2.75) is 59.4 Å². The highest BCUT2D eigenvalue weighted by Crippen LogP contribution is 2.38. The van der Waals surface area contributed by atoms with Gasteiger partial charge in [-0.1, -0.05) is 13.8 Å². The van der Waals surface area contributed by atoms with Crippen molar-refractivity contribution in [3.8, 4) is 11.4 Å². The van der Waals surface area contributed by atoms with E-state index in [0.29, 0.717) is 60.3 Å². The third-order valence-corrected chi connectivity index (χ3v) is 8.73. The number of nitrogens with one attached hydrogen (secondary N) is 1. The molecule has 15 heteroatoms. The molecule has 3 aliphatic rings. The summed E-state index contributed by atoms with van der Waals surface area (Å²) in [5, 5.41) is 15.7. The predicted molar refractivity (Wildman–Crippen MR) is 188 cm³/mol. The van der Waals surface area contributed by atoms with E-state index < -0.39 is 17.9 Å². The summed E-state index contributed by atoms with van der Waals surface area (Å²) in [7, 11) is 1.86. The number of halogens is 1. The minimum absolute atomic E-state index is 0.139. The second-order valence-electron chi connectivity index (χ2n) is 12.3. The molecule has 0 saturated carbocycles. The Labute approximate surface area is 291 Å². The zero-order valence-corrected chi connectivity index (χ0v) is 29.2. The smallest absolute Gasteiger partial charge is 0.340 e. The molecule has 1 aromatic carbocycles. The van der Waals surface area contributed by atoms with Crippen LogP contribution in [-0.2, 0) is 38.8 Å². The number of hydrogen-bond acceptors (Lipinski definition) is 13. The highest BCUT2D eigenvalue weighted by atomic mass is 19.1. The van der Waals surface area contributed by atoms with Crippen LogP contribution in [0.4, 0.5) is 4.39 Å². The Morgan fingerprint density at radius 3 is 2.70 bits per heavy atom. The van der Waals surface area contributed by atoms with Crippen LogP contribution in [0.1, 0.15) is 60.6 Å². The third-order valence-electron chi connectivity index (χ3n) is 8.73. The van der Waals surface area contributed by atoms with E-state index in [1.165, 1.54) is 11.1 Å². The summed E-state index contributed by atoms with van der Waals surface area (Å²) in [6.45, 7) is 9.65. The van der Waals surface area contributed by atoms with Crippen LogP contribution in [0.15, 0.2) is 34.9 Å². The Hall–Kier alpha value is -4.25. The Balaban J connectivity index is 0.000000875. The molecular weight excluding hydrogens is 647 g/mol. The summed E-state index contributed by atoms with van der Waals surface area (Å²) in [5.41, 5.74) is 15.1. The quantitative estimate of drug-likeness (QED) is 0.0399. The van der Waals surface area contributed by atoms with Gasteiger partial charge in [0.25, 0.3) is 5.56 Å². The minimum Gasteiger partial charge on any atom is -0.458 e. The van der Waals surface area contributed by atoms with Gasteiger partial charge in [0.15, 0.2) is 6.10 Å². The van der Waals surface area contributed by atoms with E-state index in [2.05, 4.69) is 16.0 Å². The molecule has 272 valence electrons. The molecule has 0 radical (unpaired) electrons. The SMILES string of the molecule is CC.CNCOCC1CCCN(C/C(N)=C/N(N)Cc2c3c(nc4cc(F)c(C)cc24)-c2cc4c(c(=O)n2C3)COC(=O)C4O)C1.NCC=O. The number of ether oxygens (including phenoxy) is 2. The van der Waals surface area contributed by atoms with Gasteiger partial charge in [0.1, 0.15) is 18.7 Å². The molecule has 2 unspecified atom stereocenters. The molecule has 1 saturated heterocycles. The monoisotopic (exact) mass is 696 g/mol. The van der Waals surface area contributed by atoms with Crippen molar-refractivity contribution in [3.05, 3.63) is 74.1 Å². The number of rotatable bonds is 10. The standard InChI is InChI=1S/C31H38FN7O5.C2H5NO.C2H6/c1-17-6-20-22(12-38(34)11-19(33)10-37-5-3-4-18(9-37)14-43-16-35-2)23-13-39-27(28(23)36-26(20)8-25(17)32)7-21-24(30(39)41)15-44-31(42)29(21)40;3-1-2-4;1-2/h6-8,11,18,29,35,40H,3-5,9-10,12-16,33-34H2,1-2H3;2H,1,3H2;1-2H3/b19-11-;;. The number of benzene rings is 1. The molecule has 14 nitrogen and oxygen atoms in total. The first kappa shape index (κ1) is 38.6. The van der Waals surface area contributed by atoms with Gasteiger partial charge in [-0.3, -0.25) is 15.0 Å². The lowest BCUT2D eigenvalue weighted by Crippen LogP contribution is -2.40. The number of nitrogens with two attached hydrogens (primary N) is 3. The number of aromatic nitrogens is 2. The van der Waals surface area contributed by atoms with Crippen molar-refractivity contribution in [2.24, 2.45) is 23.2 Å². The van der Waals surface area contributed by atoms with Crippen molar-refractivity contribution in [1.29, 1.82) is 0 Å². The summed E-state index contributed by atoms with van der Waals surface area (Å²) in [4.78, 5) is 41.6. The summed E-state index contributed by atoms with van der Waals surface area (Å²) in [6, 6.07) is 4.72. The molecular formula is C35H49FN8O6. The average Bonchev–Trinajstić information content (AvgIpc) is 3.47. The number of hydrogen-bond donors (Lipinski definition) is 5. The number of esters is 1. The molecule has 6 rings (SSSR count). The number of cyclic esters (lactones) is 1. The van der Waals surface area contributed by atoms with Crippen molar-refractivity contribution < 1.29 is 28.6 Å². The number of aliphatic hydroxyl groups excluding tert-OH is 1. The van der Waals surface area contributed by atoms with Gasteiger partial charge in [-0.2, -0.15) is 0 Å². The Bertz CT molecular complexity index is 1780. The topological polar surface area (TPSA) is 204 Å². The summed E-state index contributed by atoms with van der Waals surface area (Å²) in [6.07, 6.45) is 2.98. The molecule has 3 aromatic rings. The number of nitrogens with zero attached hydrogens (tertiary/aromatic N) is 4. The highest BCUT2D eigenvalue weighted by molar-refractivity contribution is 5.89. The zero-order valence-electron chi connectivity index (χ0n) is 29.2. The van der Waals surface area contributed by atoms with Crippen molar-refractivity contribution in [3.63, 3.8) is 0 Å². The molecule has 0 spiro atoms. The van der Waals surface area contributed by atoms with E-state index in [0.717, 1.165) is 42.4 Å². The molecule has 1 fully saturated rings. The predicted octanol–water partition coefficient (Wildman–Crippen LogP) is 1.51. The molecule has 2 atom stereocenters. The van der Waals surface area contributed by atoms with Gasteiger partial charge in [-0.15, -0.1) is 0 Å². The number of aldehydes is 1. The Morgan fingerprint density at radius 1 is 1.26 bits per heavy atom. The average molecular weight is 697 g/mol. The van der Waals surface area contributed by atoms with Gasteiger partial charge >= 0.3 is 5.97 Å². The lowest BCUT2D eigenvalue weighted by molar-refractivity contribution is -0.157. The number of likely N-dealkylation sites (tertiary alicyclic amines) is 1. The first-order valence-electron chi connectivity index (χ1n) is 16.8. The third kappa shape index (κ3) is 8.54. The van der Waals surface area contributed by atoms with Crippen LogP contribution in [0.2, 0.25) is 0 Å². The second-order valence-corrected chi connectivity index (χ2v) is 12.3. The largest absolute Gasteiger partial charge is 0.458 e. The zero-order chi connectivity index (χ0) is 36.5. The fourth-order valence-corrected chi connectivity index (χ4v) is 6.52. The summed E-state index contributed by atoms with van der Waals surface area (Å²) < 4.78 is 26.9. The molecule has 50 heavy (non-hydrogen) atoms. The van der Waals surface area contributed by atoms with Crippen LogP contribution in [0.5, 0.6) is 0 Å². The Kier molecular flexibility index (Phi) is 13.6.